The summed E-state index contributed by atoms with van der Waals surface area (Å²) >= 11 is 0. The van der Waals surface area contributed by atoms with Gasteiger partial charge in [-0.15, -0.1) is 0 Å². The predicted molar refractivity (Wildman–Crippen MR) is 69.6 cm³/mol. The Morgan fingerprint density at radius 2 is 2.16 bits per heavy atom. The first-order valence-electron chi connectivity index (χ1n) is 5.69. The molecule has 7 heteroatoms. The minimum absolute atomic E-state index is 0.377. The van der Waals surface area contributed by atoms with Crippen molar-refractivity contribution < 1.29 is 4.74 Å². The van der Waals surface area contributed by atoms with Gasteiger partial charge in [0.15, 0.2) is 11.5 Å². The molecule has 3 aromatic heterocycles. The average molecular weight is 256 g/mol. The third-order valence-corrected chi connectivity index (χ3v) is 2.75. The lowest BCUT2D eigenvalue weighted by molar-refractivity contribution is 0.396. The summed E-state index contributed by atoms with van der Waals surface area (Å²) in [6, 6.07) is 5.61. The van der Waals surface area contributed by atoms with E-state index in [4.69, 9.17) is 10.5 Å². The van der Waals surface area contributed by atoms with Crippen molar-refractivity contribution in [2.45, 2.75) is 6.54 Å². The molecule has 7 nitrogen and oxygen atoms in total. The molecule has 0 aliphatic carbocycles. The Bertz CT molecular complexity index is 723. The van der Waals surface area contributed by atoms with E-state index in [1.165, 1.54) is 6.33 Å². The monoisotopic (exact) mass is 256 g/mol. The third-order valence-electron chi connectivity index (χ3n) is 2.75. The second-order valence-corrected chi connectivity index (χ2v) is 3.97. The summed E-state index contributed by atoms with van der Waals surface area (Å²) in [5.74, 6) is 0.957. The predicted octanol–water partition coefficient (Wildman–Crippen LogP) is 0.860. The van der Waals surface area contributed by atoms with E-state index in [0.29, 0.717) is 29.4 Å². The van der Waals surface area contributed by atoms with E-state index in [-0.39, 0.29) is 0 Å². The first kappa shape index (κ1) is 11.4. The van der Waals surface area contributed by atoms with Crippen LogP contribution in [0.25, 0.3) is 11.2 Å². The van der Waals surface area contributed by atoms with E-state index in [1.807, 2.05) is 16.7 Å². The molecule has 0 saturated carbocycles. The summed E-state index contributed by atoms with van der Waals surface area (Å²) in [7, 11) is 1.59. The standard InChI is InChI=1S/C12H12N6O/c1-19-9-4-2-3-8(17-9)5-18-7-16-10-11(13)14-6-15-12(10)18/h2-4,6-7H,5H2,1H3,(H2,13,14,15). The zero-order valence-electron chi connectivity index (χ0n) is 10.3. The highest BCUT2D eigenvalue weighted by Gasteiger charge is 2.08. The van der Waals surface area contributed by atoms with Gasteiger partial charge in [-0.2, -0.15) is 0 Å². The maximum atomic E-state index is 5.75. The summed E-state index contributed by atoms with van der Waals surface area (Å²) < 4.78 is 6.97. The molecule has 0 aromatic carbocycles. The van der Waals surface area contributed by atoms with Gasteiger partial charge in [0.05, 0.1) is 25.7 Å². The van der Waals surface area contributed by atoms with Gasteiger partial charge in [-0.3, -0.25) is 0 Å². The molecular weight excluding hydrogens is 244 g/mol. The molecule has 0 unspecified atom stereocenters. The van der Waals surface area contributed by atoms with Gasteiger partial charge in [0.25, 0.3) is 0 Å². The number of pyridine rings is 1. The summed E-state index contributed by atoms with van der Waals surface area (Å²) in [5, 5.41) is 0. The smallest absolute Gasteiger partial charge is 0.213 e. The summed E-state index contributed by atoms with van der Waals surface area (Å²) in [5.41, 5.74) is 7.90. The van der Waals surface area contributed by atoms with Crippen LogP contribution < -0.4 is 10.5 Å². The molecule has 3 rings (SSSR count). The second kappa shape index (κ2) is 4.52. The Balaban J connectivity index is 1.99. The van der Waals surface area contributed by atoms with Gasteiger partial charge in [-0.05, 0) is 6.07 Å². The number of rotatable bonds is 3. The normalized spacial score (nSPS) is 10.8. The lowest BCUT2D eigenvalue weighted by atomic mass is 10.3. The zero-order valence-corrected chi connectivity index (χ0v) is 10.3. The maximum absolute atomic E-state index is 5.75. The second-order valence-electron chi connectivity index (χ2n) is 3.97. The molecule has 96 valence electrons. The van der Waals surface area contributed by atoms with Gasteiger partial charge in [-0.25, -0.2) is 19.9 Å². The Morgan fingerprint density at radius 3 is 3.00 bits per heavy atom. The van der Waals surface area contributed by atoms with Crippen molar-refractivity contribution in [1.29, 1.82) is 0 Å². The maximum Gasteiger partial charge on any atom is 0.213 e. The summed E-state index contributed by atoms with van der Waals surface area (Å²) in [6.07, 6.45) is 3.10. The van der Waals surface area contributed by atoms with E-state index in [9.17, 15) is 0 Å². The van der Waals surface area contributed by atoms with Crippen LogP contribution in [0.1, 0.15) is 5.69 Å². The number of methoxy groups -OCH3 is 1. The minimum atomic E-state index is 0.377. The van der Waals surface area contributed by atoms with Gasteiger partial charge in [0.2, 0.25) is 5.88 Å². The molecule has 0 atom stereocenters. The molecular formula is C12H12N6O. The van der Waals surface area contributed by atoms with Crippen molar-refractivity contribution in [3.05, 3.63) is 36.5 Å². The third kappa shape index (κ3) is 2.05. The van der Waals surface area contributed by atoms with Crippen molar-refractivity contribution in [3.63, 3.8) is 0 Å². The molecule has 0 fully saturated rings. The minimum Gasteiger partial charge on any atom is -0.481 e. The van der Waals surface area contributed by atoms with Crippen molar-refractivity contribution in [3.8, 4) is 5.88 Å². The van der Waals surface area contributed by atoms with Crippen LogP contribution in [0.5, 0.6) is 5.88 Å². The molecule has 0 amide bonds. The van der Waals surface area contributed by atoms with Crippen LogP contribution >= 0.6 is 0 Å². The fourth-order valence-corrected chi connectivity index (χ4v) is 1.85. The molecule has 0 spiro atoms. The highest BCUT2D eigenvalue weighted by molar-refractivity contribution is 5.81. The van der Waals surface area contributed by atoms with Gasteiger partial charge < -0.3 is 15.0 Å². The number of fused-ring (bicyclic) bond motifs is 1. The largest absolute Gasteiger partial charge is 0.481 e. The van der Waals surface area contributed by atoms with Crippen LogP contribution in [0, 0.1) is 0 Å². The number of ether oxygens (including phenoxy) is 1. The van der Waals surface area contributed by atoms with Crippen molar-refractivity contribution >= 4 is 17.0 Å². The molecule has 19 heavy (non-hydrogen) atoms. The number of imidazole rings is 1. The Morgan fingerprint density at radius 1 is 1.26 bits per heavy atom. The van der Waals surface area contributed by atoms with Crippen LogP contribution in [0.3, 0.4) is 0 Å². The molecule has 2 N–H and O–H groups in total. The summed E-state index contributed by atoms with van der Waals surface area (Å²) in [6.45, 7) is 0.546. The van der Waals surface area contributed by atoms with Gasteiger partial charge >= 0.3 is 0 Å². The van der Waals surface area contributed by atoms with Gasteiger partial charge in [0.1, 0.15) is 11.8 Å². The number of nitrogen functional groups attached to an aromatic ring is 1. The highest BCUT2D eigenvalue weighted by Crippen LogP contribution is 2.16. The number of hydrogen-bond donors (Lipinski definition) is 1. The average Bonchev–Trinajstić information content (AvgIpc) is 2.84. The van der Waals surface area contributed by atoms with Crippen LogP contribution in [0.4, 0.5) is 5.82 Å². The summed E-state index contributed by atoms with van der Waals surface area (Å²) in [4.78, 5) is 16.7. The Labute approximate surface area is 109 Å². The quantitative estimate of drug-likeness (QED) is 0.747. The number of hydrogen-bond acceptors (Lipinski definition) is 6. The van der Waals surface area contributed by atoms with Crippen LogP contribution in [0.2, 0.25) is 0 Å². The number of aromatic nitrogens is 5. The van der Waals surface area contributed by atoms with E-state index in [0.717, 1.165) is 5.69 Å². The first-order chi connectivity index (χ1) is 9.28. The SMILES string of the molecule is COc1cccc(Cn2cnc3c(N)ncnc32)n1. The van der Waals surface area contributed by atoms with Crippen LogP contribution in [-0.2, 0) is 6.54 Å². The molecule has 0 aliphatic heterocycles. The van der Waals surface area contributed by atoms with Crippen LogP contribution in [0.15, 0.2) is 30.9 Å². The molecule has 3 heterocycles. The van der Waals surface area contributed by atoms with Crippen LogP contribution in [-0.4, -0.2) is 31.6 Å². The van der Waals surface area contributed by atoms with Crippen molar-refractivity contribution in [2.24, 2.45) is 0 Å². The molecule has 3 aromatic rings. The fourth-order valence-electron chi connectivity index (χ4n) is 1.85. The van der Waals surface area contributed by atoms with E-state index in [1.54, 1.807) is 19.5 Å². The van der Waals surface area contributed by atoms with Gasteiger partial charge in [0, 0.05) is 6.07 Å². The lowest BCUT2D eigenvalue weighted by Crippen LogP contribution is -2.03. The van der Waals surface area contributed by atoms with E-state index in [2.05, 4.69) is 19.9 Å². The molecule has 0 radical (unpaired) electrons. The topological polar surface area (TPSA) is 91.7 Å². The molecule has 0 aliphatic rings. The Kier molecular flexibility index (Phi) is 2.71. The van der Waals surface area contributed by atoms with Crippen molar-refractivity contribution in [1.82, 2.24) is 24.5 Å². The lowest BCUT2D eigenvalue weighted by Gasteiger charge is -2.05. The Hall–Kier alpha value is -2.70. The van der Waals surface area contributed by atoms with Gasteiger partial charge in [-0.1, -0.05) is 6.07 Å². The number of anilines is 1. The molecule has 0 bridgehead atoms. The molecule has 0 saturated heterocycles. The highest BCUT2D eigenvalue weighted by atomic mass is 16.5. The fraction of sp³-hybridized carbons (Fsp3) is 0.167. The van der Waals surface area contributed by atoms with E-state index < -0.39 is 0 Å². The number of nitrogens with zero attached hydrogens (tertiary/aromatic N) is 5. The zero-order chi connectivity index (χ0) is 13.2. The number of nitrogens with two attached hydrogens (primary N) is 1. The first-order valence-corrected chi connectivity index (χ1v) is 5.69. The van der Waals surface area contributed by atoms with Crippen molar-refractivity contribution in [2.75, 3.05) is 12.8 Å². The van der Waals surface area contributed by atoms with E-state index >= 15 is 0 Å².